The first-order valence-corrected chi connectivity index (χ1v) is 6.40. The molecular weight excluding hydrogens is 194 g/mol. The third-order valence-corrected chi connectivity index (χ3v) is 3.36. The summed E-state index contributed by atoms with van der Waals surface area (Å²) >= 11 is 1.48. The van der Waals surface area contributed by atoms with E-state index < -0.39 is 9.84 Å². The number of sulfone groups is 1. The Labute approximate surface area is 76.1 Å². The van der Waals surface area contributed by atoms with Gasteiger partial charge in [-0.3, -0.25) is 0 Å². The molecule has 1 unspecified atom stereocenters. The Balaban J connectivity index is 2.68. The zero-order valence-corrected chi connectivity index (χ0v) is 8.36. The second-order valence-corrected chi connectivity index (χ2v) is 5.88. The van der Waals surface area contributed by atoms with Gasteiger partial charge in [0, 0.05) is 11.1 Å². The summed E-state index contributed by atoms with van der Waals surface area (Å²) in [5.41, 5.74) is 5.66. The first-order valence-electron chi connectivity index (χ1n) is 3.46. The molecule has 0 aromatic carbocycles. The largest absolute Gasteiger partial charge is 0.322 e. The smallest absolute Gasteiger partial charge is 0.149 e. The molecule has 0 aliphatic heterocycles. The monoisotopic (exact) mass is 205 g/mol. The average molecular weight is 205 g/mol. The molecule has 1 aromatic rings. The van der Waals surface area contributed by atoms with Gasteiger partial charge in [-0.25, -0.2) is 8.42 Å². The molecule has 0 spiro atoms. The van der Waals surface area contributed by atoms with Crippen LogP contribution in [0.3, 0.4) is 0 Å². The van der Waals surface area contributed by atoms with Crippen molar-refractivity contribution in [3.05, 3.63) is 22.4 Å². The Hall–Kier alpha value is -0.390. The standard InChI is InChI=1S/C7H11NO2S2/c1-12(9,10)5-6(8)7-3-2-4-11-7/h2-4,6H,5,8H2,1H3. The summed E-state index contributed by atoms with van der Waals surface area (Å²) in [5, 5.41) is 1.89. The van der Waals surface area contributed by atoms with E-state index >= 15 is 0 Å². The normalized spacial score (nSPS) is 14.5. The zero-order valence-electron chi connectivity index (χ0n) is 6.73. The van der Waals surface area contributed by atoms with Gasteiger partial charge in [0.2, 0.25) is 0 Å². The molecule has 1 atom stereocenters. The van der Waals surface area contributed by atoms with E-state index in [1.165, 1.54) is 17.6 Å². The van der Waals surface area contributed by atoms with E-state index in [0.29, 0.717) is 0 Å². The molecule has 3 nitrogen and oxygen atoms in total. The van der Waals surface area contributed by atoms with E-state index in [0.717, 1.165) is 4.88 Å². The SMILES string of the molecule is CS(=O)(=O)CC(N)c1cccs1. The number of hydrogen-bond acceptors (Lipinski definition) is 4. The number of thiophene rings is 1. The average Bonchev–Trinajstić information content (AvgIpc) is 2.32. The van der Waals surface area contributed by atoms with Crippen LogP contribution in [0.4, 0.5) is 0 Å². The Morgan fingerprint density at radius 1 is 1.67 bits per heavy atom. The lowest BCUT2D eigenvalue weighted by atomic mass is 10.3. The quantitative estimate of drug-likeness (QED) is 0.793. The minimum atomic E-state index is -2.97. The lowest BCUT2D eigenvalue weighted by Crippen LogP contribution is -2.19. The van der Waals surface area contributed by atoms with Gasteiger partial charge >= 0.3 is 0 Å². The molecule has 0 saturated carbocycles. The van der Waals surface area contributed by atoms with E-state index in [4.69, 9.17) is 5.73 Å². The van der Waals surface area contributed by atoms with E-state index in [1.54, 1.807) is 0 Å². The van der Waals surface area contributed by atoms with Crippen molar-refractivity contribution in [1.82, 2.24) is 0 Å². The zero-order chi connectivity index (χ0) is 9.19. The lowest BCUT2D eigenvalue weighted by Gasteiger charge is -2.06. The molecule has 2 N–H and O–H groups in total. The number of rotatable bonds is 3. The van der Waals surface area contributed by atoms with Crippen molar-refractivity contribution in [3.8, 4) is 0 Å². The van der Waals surface area contributed by atoms with Crippen LogP contribution >= 0.6 is 11.3 Å². The Kier molecular flexibility index (Phi) is 2.87. The van der Waals surface area contributed by atoms with Crippen LogP contribution in [-0.4, -0.2) is 20.4 Å². The van der Waals surface area contributed by atoms with Gasteiger partial charge < -0.3 is 5.73 Å². The number of hydrogen-bond donors (Lipinski definition) is 1. The van der Waals surface area contributed by atoms with Gasteiger partial charge in [0.25, 0.3) is 0 Å². The van der Waals surface area contributed by atoms with Crippen LogP contribution in [-0.2, 0) is 9.84 Å². The second kappa shape index (κ2) is 3.55. The molecule has 0 saturated heterocycles. The molecule has 0 fully saturated rings. The molecule has 68 valence electrons. The second-order valence-electron chi connectivity index (χ2n) is 2.71. The molecule has 1 heterocycles. The molecule has 1 rings (SSSR count). The van der Waals surface area contributed by atoms with Crippen molar-refractivity contribution >= 4 is 21.2 Å². The highest BCUT2D eigenvalue weighted by Crippen LogP contribution is 2.17. The predicted molar refractivity (Wildman–Crippen MR) is 51.0 cm³/mol. The molecule has 12 heavy (non-hydrogen) atoms. The van der Waals surface area contributed by atoms with E-state index in [-0.39, 0.29) is 11.8 Å². The summed E-state index contributed by atoms with van der Waals surface area (Å²) in [5.74, 6) is 0.0213. The third-order valence-electron chi connectivity index (χ3n) is 1.39. The van der Waals surface area contributed by atoms with Crippen molar-refractivity contribution < 1.29 is 8.42 Å². The molecule has 1 aromatic heterocycles. The Morgan fingerprint density at radius 2 is 2.33 bits per heavy atom. The van der Waals surface area contributed by atoms with Gasteiger partial charge in [0.1, 0.15) is 9.84 Å². The molecule has 0 aliphatic rings. The minimum Gasteiger partial charge on any atom is -0.322 e. The maximum absolute atomic E-state index is 10.9. The highest BCUT2D eigenvalue weighted by Gasteiger charge is 2.13. The topological polar surface area (TPSA) is 60.2 Å². The summed E-state index contributed by atoms with van der Waals surface area (Å²) < 4.78 is 21.7. The number of nitrogens with two attached hydrogens (primary N) is 1. The third kappa shape index (κ3) is 2.92. The maximum atomic E-state index is 10.9. The van der Waals surface area contributed by atoms with Crippen molar-refractivity contribution in [2.24, 2.45) is 5.73 Å². The van der Waals surface area contributed by atoms with Crippen LogP contribution in [0.2, 0.25) is 0 Å². The van der Waals surface area contributed by atoms with E-state index in [1.807, 2.05) is 17.5 Å². The van der Waals surface area contributed by atoms with Gasteiger partial charge in [0.15, 0.2) is 0 Å². The fourth-order valence-electron chi connectivity index (χ4n) is 0.911. The summed E-state index contributed by atoms with van der Waals surface area (Å²) in [4.78, 5) is 0.917. The van der Waals surface area contributed by atoms with Crippen LogP contribution in [0.25, 0.3) is 0 Å². The highest BCUT2D eigenvalue weighted by atomic mass is 32.2. The van der Waals surface area contributed by atoms with Crippen LogP contribution < -0.4 is 5.73 Å². The van der Waals surface area contributed by atoms with Gasteiger partial charge in [-0.1, -0.05) is 6.07 Å². The molecule has 0 aliphatic carbocycles. The van der Waals surface area contributed by atoms with E-state index in [9.17, 15) is 8.42 Å². The fraction of sp³-hybridized carbons (Fsp3) is 0.429. The summed E-state index contributed by atoms with van der Waals surface area (Å²) in [6.07, 6.45) is 1.19. The van der Waals surface area contributed by atoms with Crippen molar-refractivity contribution in [2.45, 2.75) is 6.04 Å². The molecule has 0 amide bonds. The summed E-state index contributed by atoms with van der Waals surface area (Å²) in [7, 11) is -2.97. The van der Waals surface area contributed by atoms with Crippen LogP contribution in [0.15, 0.2) is 17.5 Å². The molecule has 5 heteroatoms. The Morgan fingerprint density at radius 3 is 2.75 bits per heavy atom. The summed E-state index contributed by atoms with van der Waals surface area (Å²) in [6, 6.07) is 3.34. The van der Waals surface area contributed by atoms with Crippen LogP contribution in [0.5, 0.6) is 0 Å². The van der Waals surface area contributed by atoms with Gasteiger partial charge in [-0.05, 0) is 11.4 Å². The first kappa shape index (κ1) is 9.70. The first-order chi connectivity index (χ1) is 5.49. The van der Waals surface area contributed by atoms with Gasteiger partial charge in [0.05, 0.1) is 11.8 Å². The predicted octanol–water partition coefficient (Wildman–Crippen LogP) is 0.792. The van der Waals surface area contributed by atoms with E-state index in [2.05, 4.69) is 0 Å². The van der Waals surface area contributed by atoms with Crippen molar-refractivity contribution in [3.63, 3.8) is 0 Å². The Bertz CT molecular complexity index is 328. The maximum Gasteiger partial charge on any atom is 0.149 e. The molecule has 0 radical (unpaired) electrons. The van der Waals surface area contributed by atoms with Crippen LogP contribution in [0.1, 0.15) is 10.9 Å². The van der Waals surface area contributed by atoms with Crippen molar-refractivity contribution in [2.75, 3.05) is 12.0 Å². The van der Waals surface area contributed by atoms with Gasteiger partial charge in [-0.2, -0.15) is 0 Å². The summed E-state index contributed by atoms with van der Waals surface area (Å²) in [6.45, 7) is 0. The van der Waals surface area contributed by atoms with Crippen LogP contribution in [0, 0.1) is 0 Å². The lowest BCUT2D eigenvalue weighted by molar-refractivity contribution is 0.595. The molecule has 0 bridgehead atoms. The highest BCUT2D eigenvalue weighted by molar-refractivity contribution is 7.90. The van der Waals surface area contributed by atoms with Crippen molar-refractivity contribution in [1.29, 1.82) is 0 Å². The fourth-order valence-corrected chi connectivity index (χ4v) is 2.58. The van der Waals surface area contributed by atoms with Gasteiger partial charge in [-0.15, -0.1) is 11.3 Å². The minimum absolute atomic E-state index is 0.0213. The molecular formula is C7H11NO2S2.